The first-order chi connectivity index (χ1) is 13.4. The lowest BCUT2D eigenvalue weighted by Crippen LogP contribution is -2.52. The summed E-state index contributed by atoms with van der Waals surface area (Å²) in [5.41, 5.74) is 3.11. The van der Waals surface area contributed by atoms with Crippen LogP contribution in [0.5, 0.6) is 11.5 Å². The fourth-order valence-electron chi connectivity index (χ4n) is 3.84. The molecule has 5 heteroatoms. The molecule has 0 bridgehead atoms. The molecule has 2 atom stereocenters. The van der Waals surface area contributed by atoms with Crippen LogP contribution in [0.1, 0.15) is 49.4 Å². The number of aromatic hydroxyl groups is 1. The van der Waals surface area contributed by atoms with Gasteiger partial charge in [-0.15, -0.1) is 0 Å². The summed E-state index contributed by atoms with van der Waals surface area (Å²) in [7, 11) is 1.73. The average Bonchev–Trinajstić information content (AvgIpc) is 2.70. The Morgan fingerprint density at radius 2 is 1.79 bits per heavy atom. The molecule has 0 spiro atoms. The summed E-state index contributed by atoms with van der Waals surface area (Å²) in [5.74, 6) is 1.43. The van der Waals surface area contributed by atoms with E-state index in [2.05, 4.69) is 49.9 Å². The number of rotatable bonds is 6. The Kier molecular flexibility index (Phi) is 6.60. The van der Waals surface area contributed by atoms with Crippen LogP contribution in [0.15, 0.2) is 42.5 Å². The molecule has 1 fully saturated rings. The van der Waals surface area contributed by atoms with Gasteiger partial charge in [0.1, 0.15) is 17.7 Å². The lowest BCUT2D eigenvalue weighted by atomic mass is 9.99. The molecular formula is C23H32N2O3. The lowest BCUT2D eigenvalue weighted by molar-refractivity contribution is -0.180. The average molecular weight is 385 g/mol. The summed E-state index contributed by atoms with van der Waals surface area (Å²) in [4.78, 5) is 7.89. The van der Waals surface area contributed by atoms with Gasteiger partial charge in [-0.25, -0.2) is 0 Å². The highest BCUT2D eigenvalue weighted by Gasteiger charge is 2.32. The van der Waals surface area contributed by atoms with Crippen molar-refractivity contribution in [2.24, 2.45) is 0 Å². The molecule has 0 aliphatic carbocycles. The third-order valence-electron chi connectivity index (χ3n) is 5.54. The van der Waals surface area contributed by atoms with E-state index in [0.29, 0.717) is 5.75 Å². The summed E-state index contributed by atoms with van der Waals surface area (Å²) in [6.07, 6.45) is -0.106. The summed E-state index contributed by atoms with van der Waals surface area (Å²) in [5, 5.41) is 12.1. The molecule has 1 heterocycles. The predicted molar refractivity (Wildman–Crippen MR) is 111 cm³/mol. The number of phenolic OH excluding ortho intramolecular Hbond substituents is 1. The molecule has 2 unspecified atom stereocenters. The normalized spacial score (nSPS) is 19.7. The van der Waals surface area contributed by atoms with Gasteiger partial charge in [-0.1, -0.05) is 44.2 Å². The Balaban J connectivity index is 1.86. The van der Waals surface area contributed by atoms with Crippen LogP contribution in [-0.4, -0.2) is 48.0 Å². The second-order valence-electron chi connectivity index (χ2n) is 7.78. The van der Waals surface area contributed by atoms with Crippen molar-refractivity contribution in [2.45, 2.75) is 45.9 Å². The molecule has 0 radical (unpaired) electrons. The van der Waals surface area contributed by atoms with Crippen LogP contribution in [0.4, 0.5) is 0 Å². The summed E-state index contributed by atoms with van der Waals surface area (Å²) in [6.45, 7) is 10.7. The highest BCUT2D eigenvalue weighted by Crippen LogP contribution is 2.35. The Morgan fingerprint density at radius 3 is 2.43 bits per heavy atom. The number of ether oxygens (including phenoxy) is 1. The van der Waals surface area contributed by atoms with Crippen molar-refractivity contribution >= 4 is 0 Å². The minimum Gasteiger partial charge on any atom is -0.508 e. The second-order valence-corrected chi connectivity index (χ2v) is 7.78. The number of phenols is 1. The van der Waals surface area contributed by atoms with Crippen molar-refractivity contribution in [1.29, 1.82) is 0 Å². The fourth-order valence-corrected chi connectivity index (χ4v) is 3.84. The molecule has 1 saturated heterocycles. The number of hydrogen-bond donors (Lipinski definition) is 1. The number of aryl methyl sites for hydroxylation is 1. The Hall–Kier alpha value is -2.08. The van der Waals surface area contributed by atoms with Gasteiger partial charge < -0.3 is 14.7 Å². The summed E-state index contributed by atoms with van der Waals surface area (Å²) >= 11 is 0. The van der Waals surface area contributed by atoms with Crippen LogP contribution in [0.25, 0.3) is 0 Å². The first kappa shape index (κ1) is 20.6. The van der Waals surface area contributed by atoms with Crippen LogP contribution in [-0.2, 0) is 4.84 Å². The standard InChI is InChI=1S/C23H32N2O3/c1-16(2)20-14-22(26)17(3)13-23(20)28-18(4)25-12-11-24(27-5)15-21(25)19-9-7-6-8-10-19/h6-10,13-14,16,18,21,26H,11-12,15H2,1-5H3. The number of nitrogens with zero attached hydrogens (tertiary/aromatic N) is 2. The second kappa shape index (κ2) is 8.95. The molecule has 1 aliphatic rings. The first-order valence-corrected chi connectivity index (χ1v) is 10.0. The maximum absolute atomic E-state index is 10.1. The molecule has 152 valence electrons. The minimum absolute atomic E-state index is 0.106. The number of piperazine rings is 1. The van der Waals surface area contributed by atoms with E-state index in [1.165, 1.54) is 5.56 Å². The van der Waals surface area contributed by atoms with Gasteiger partial charge in [0.05, 0.1) is 13.2 Å². The topological polar surface area (TPSA) is 45.2 Å². The van der Waals surface area contributed by atoms with Gasteiger partial charge >= 0.3 is 0 Å². The molecule has 2 aromatic rings. The maximum Gasteiger partial charge on any atom is 0.150 e. The smallest absolute Gasteiger partial charge is 0.150 e. The van der Waals surface area contributed by atoms with Crippen LogP contribution in [0, 0.1) is 6.92 Å². The maximum atomic E-state index is 10.1. The fraction of sp³-hybridized carbons (Fsp3) is 0.478. The van der Waals surface area contributed by atoms with E-state index < -0.39 is 0 Å². The van der Waals surface area contributed by atoms with Crippen molar-refractivity contribution in [1.82, 2.24) is 9.96 Å². The number of benzene rings is 2. The zero-order chi connectivity index (χ0) is 20.3. The van der Waals surface area contributed by atoms with Crippen molar-refractivity contribution in [2.75, 3.05) is 26.7 Å². The minimum atomic E-state index is -0.106. The number of hydroxylamine groups is 2. The van der Waals surface area contributed by atoms with E-state index >= 15 is 0 Å². The molecule has 28 heavy (non-hydrogen) atoms. The van der Waals surface area contributed by atoms with Crippen LogP contribution >= 0.6 is 0 Å². The molecule has 3 rings (SSSR count). The molecule has 0 amide bonds. The van der Waals surface area contributed by atoms with E-state index in [9.17, 15) is 5.11 Å². The van der Waals surface area contributed by atoms with Crippen LogP contribution in [0.2, 0.25) is 0 Å². The SMILES string of the molecule is CON1CCN(C(C)Oc2cc(C)c(O)cc2C(C)C)C(c2ccccc2)C1. The third-order valence-corrected chi connectivity index (χ3v) is 5.54. The third kappa shape index (κ3) is 4.49. The highest BCUT2D eigenvalue weighted by molar-refractivity contribution is 5.46. The van der Waals surface area contributed by atoms with Crippen molar-refractivity contribution < 1.29 is 14.7 Å². The van der Waals surface area contributed by atoms with E-state index in [4.69, 9.17) is 9.57 Å². The van der Waals surface area contributed by atoms with Gasteiger partial charge in [0.2, 0.25) is 0 Å². The molecule has 1 N–H and O–H groups in total. The molecule has 5 nitrogen and oxygen atoms in total. The van der Waals surface area contributed by atoms with Gasteiger partial charge in [0.15, 0.2) is 0 Å². The van der Waals surface area contributed by atoms with E-state index in [1.807, 2.05) is 30.2 Å². The zero-order valence-corrected chi connectivity index (χ0v) is 17.6. The van der Waals surface area contributed by atoms with Gasteiger partial charge in [-0.2, -0.15) is 5.06 Å². The first-order valence-electron chi connectivity index (χ1n) is 10.0. The van der Waals surface area contributed by atoms with Crippen molar-refractivity contribution in [3.05, 3.63) is 59.2 Å². The van der Waals surface area contributed by atoms with E-state index in [-0.39, 0.29) is 18.2 Å². The van der Waals surface area contributed by atoms with Gasteiger partial charge in [-0.3, -0.25) is 4.90 Å². The predicted octanol–water partition coefficient (Wildman–Crippen LogP) is 4.47. The summed E-state index contributed by atoms with van der Waals surface area (Å²) < 4.78 is 6.46. The lowest BCUT2D eigenvalue weighted by Gasteiger charge is -2.43. The largest absolute Gasteiger partial charge is 0.508 e. The quantitative estimate of drug-likeness (QED) is 0.796. The monoisotopic (exact) mass is 384 g/mol. The highest BCUT2D eigenvalue weighted by atomic mass is 16.7. The Morgan fingerprint density at radius 1 is 1.07 bits per heavy atom. The van der Waals surface area contributed by atoms with Gasteiger partial charge in [0, 0.05) is 25.2 Å². The van der Waals surface area contributed by atoms with Crippen molar-refractivity contribution in [3.8, 4) is 11.5 Å². The van der Waals surface area contributed by atoms with Crippen LogP contribution in [0.3, 0.4) is 0 Å². The van der Waals surface area contributed by atoms with Gasteiger partial charge in [0.25, 0.3) is 0 Å². The Bertz CT molecular complexity index is 779. The van der Waals surface area contributed by atoms with E-state index in [1.54, 1.807) is 7.11 Å². The molecule has 0 saturated carbocycles. The van der Waals surface area contributed by atoms with Crippen LogP contribution < -0.4 is 4.74 Å². The van der Waals surface area contributed by atoms with E-state index in [0.717, 1.165) is 36.5 Å². The Labute approximate surface area is 168 Å². The zero-order valence-electron chi connectivity index (χ0n) is 17.6. The summed E-state index contributed by atoms with van der Waals surface area (Å²) in [6, 6.07) is 14.5. The molecule has 0 aromatic heterocycles. The molecular weight excluding hydrogens is 352 g/mol. The molecule has 2 aromatic carbocycles. The van der Waals surface area contributed by atoms with Gasteiger partial charge in [-0.05, 0) is 43.0 Å². The molecule has 1 aliphatic heterocycles. The van der Waals surface area contributed by atoms with Crippen molar-refractivity contribution in [3.63, 3.8) is 0 Å². The number of hydrogen-bond acceptors (Lipinski definition) is 5.